The number of nitrogens with two attached hydrogens (primary N) is 1. The monoisotopic (exact) mass is 212 g/mol. The third-order valence-electron chi connectivity index (χ3n) is 1.06. The lowest BCUT2D eigenvalue weighted by Crippen LogP contribution is -2.37. The summed E-state index contributed by atoms with van der Waals surface area (Å²) in [5, 5.41) is 8.60. The Balaban J connectivity index is 3.93. The van der Waals surface area contributed by atoms with Gasteiger partial charge in [-0.3, -0.25) is 0 Å². The molecule has 0 unspecified atom stereocenters. The van der Waals surface area contributed by atoms with Crippen LogP contribution in [0.25, 0.3) is 0 Å². The standard InChI is InChI=1S/C5H12N2O5S/c1-13(10,11)7-2-4(3-8)12-5(6)9/h4,7-8H,2-3H2,1H3,(H2,6,9)/t4-/m1/s1. The molecule has 0 aliphatic heterocycles. The molecule has 0 saturated carbocycles. The highest BCUT2D eigenvalue weighted by Gasteiger charge is 2.13. The van der Waals surface area contributed by atoms with Crippen LogP contribution in [0.3, 0.4) is 0 Å². The number of rotatable bonds is 5. The van der Waals surface area contributed by atoms with Crippen molar-refractivity contribution in [3.63, 3.8) is 0 Å². The molecule has 4 N–H and O–H groups in total. The molecule has 7 nitrogen and oxygen atoms in total. The zero-order valence-electron chi connectivity index (χ0n) is 7.06. The zero-order chi connectivity index (χ0) is 10.5. The topological polar surface area (TPSA) is 119 Å². The van der Waals surface area contributed by atoms with Gasteiger partial charge in [0.1, 0.15) is 6.10 Å². The van der Waals surface area contributed by atoms with Crippen molar-refractivity contribution in [2.75, 3.05) is 19.4 Å². The molecule has 0 aromatic rings. The first-order valence-corrected chi connectivity index (χ1v) is 5.26. The van der Waals surface area contributed by atoms with E-state index in [0.717, 1.165) is 6.26 Å². The highest BCUT2D eigenvalue weighted by Crippen LogP contribution is 1.89. The van der Waals surface area contributed by atoms with E-state index in [1.54, 1.807) is 0 Å². The Morgan fingerprint density at radius 2 is 2.23 bits per heavy atom. The molecule has 13 heavy (non-hydrogen) atoms. The first-order chi connectivity index (χ1) is 5.85. The molecule has 0 bridgehead atoms. The molecular weight excluding hydrogens is 200 g/mol. The van der Waals surface area contributed by atoms with Crippen molar-refractivity contribution in [2.45, 2.75) is 6.10 Å². The molecule has 0 aliphatic carbocycles. The lowest BCUT2D eigenvalue weighted by molar-refractivity contribution is 0.0666. The van der Waals surface area contributed by atoms with Crippen LogP contribution < -0.4 is 10.5 Å². The molecule has 78 valence electrons. The van der Waals surface area contributed by atoms with Crippen molar-refractivity contribution in [3.8, 4) is 0 Å². The van der Waals surface area contributed by atoms with E-state index in [-0.39, 0.29) is 6.54 Å². The second-order valence-corrected chi connectivity index (χ2v) is 4.20. The molecule has 1 amide bonds. The fraction of sp³-hybridized carbons (Fsp3) is 0.800. The molecule has 1 atom stereocenters. The van der Waals surface area contributed by atoms with E-state index in [9.17, 15) is 13.2 Å². The average Bonchev–Trinajstić information content (AvgIpc) is 1.95. The van der Waals surface area contributed by atoms with Gasteiger partial charge in [0.15, 0.2) is 0 Å². The number of amides is 1. The minimum atomic E-state index is -3.36. The van der Waals surface area contributed by atoms with E-state index in [4.69, 9.17) is 5.11 Å². The molecule has 0 rings (SSSR count). The summed E-state index contributed by atoms with van der Waals surface area (Å²) in [4.78, 5) is 10.2. The lowest BCUT2D eigenvalue weighted by Gasteiger charge is -2.13. The van der Waals surface area contributed by atoms with Crippen molar-refractivity contribution in [2.24, 2.45) is 5.73 Å². The van der Waals surface area contributed by atoms with Gasteiger partial charge in [0.25, 0.3) is 0 Å². The summed E-state index contributed by atoms with van der Waals surface area (Å²) in [6.07, 6.45) is -1.06. The number of hydrogen-bond acceptors (Lipinski definition) is 5. The third kappa shape index (κ3) is 7.50. The maximum atomic E-state index is 10.6. The summed E-state index contributed by atoms with van der Waals surface area (Å²) in [6, 6.07) is 0. The van der Waals surface area contributed by atoms with Gasteiger partial charge in [-0.15, -0.1) is 0 Å². The Morgan fingerprint density at radius 1 is 1.69 bits per heavy atom. The van der Waals surface area contributed by atoms with Crippen molar-refractivity contribution < 1.29 is 23.1 Å². The predicted molar refractivity (Wildman–Crippen MR) is 44.4 cm³/mol. The quantitative estimate of drug-likeness (QED) is 0.486. The Bertz CT molecular complexity index is 262. The van der Waals surface area contributed by atoms with Crippen LogP contribution >= 0.6 is 0 Å². The van der Waals surface area contributed by atoms with Gasteiger partial charge in [-0.25, -0.2) is 17.9 Å². The maximum absolute atomic E-state index is 10.6. The largest absolute Gasteiger partial charge is 0.443 e. The fourth-order valence-corrected chi connectivity index (χ4v) is 1.04. The molecule has 0 spiro atoms. The minimum Gasteiger partial charge on any atom is -0.443 e. The minimum absolute atomic E-state index is 0.196. The average molecular weight is 212 g/mol. The number of sulfonamides is 1. The predicted octanol–water partition coefficient (Wildman–Crippen LogP) is -2.01. The van der Waals surface area contributed by atoms with Crippen LogP contribution in [0.15, 0.2) is 0 Å². The summed E-state index contributed by atoms with van der Waals surface area (Å²) in [5.41, 5.74) is 4.66. The van der Waals surface area contributed by atoms with Crippen molar-refractivity contribution in [1.82, 2.24) is 4.72 Å². The van der Waals surface area contributed by atoms with E-state index >= 15 is 0 Å². The van der Waals surface area contributed by atoms with Crippen LogP contribution in [0.4, 0.5) is 4.79 Å². The van der Waals surface area contributed by atoms with Crippen LogP contribution in [-0.4, -0.2) is 45.1 Å². The SMILES string of the molecule is CS(=O)(=O)NC[C@H](CO)OC(N)=O. The molecule has 0 radical (unpaired) electrons. The number of aliphatic hydroxyl groups is 1. The van der Waals surface area contributed by atoms with E-state index in [1.807, 2.05) is 0 Å². The second-order valence-electron chi connectivity index (χ2n) is 2.36. The van der Waals surface area contributed by atoms with Gasteiger partial charge in [0, 0.05) is 0 Å². The molecule has 0 saturated heterocycles. The molecule has 0 aromatic heterocycles. The Morgan fingerprint density at radius 3 is 2.54 bits per heavy atom. The van der Waals surface area contributed by atoms with E-state index in [0.29, 0.717) is 0 Å². The van der Waals surface area contributed by atoms with E-state index < -0.39 is 28.8 Å². The highest BCUT2D eigenvalue weighted by atomic mass is 32.2. The van der Waals surface area contributed by atoms with Gasteiger partial charge in [-0.1, -0.05) is 0 Å². The number of ether oxygens (including phenoxy) is 1. The van der Waals surface area contributed by atoms with E-state index in [1.165, 1.54) is 0 Å². The number of carbonyl (C=O) groups is 1. The van der Waals surface area contributed by atoms with E-state index in [2.05, 4.69) is 15.2 Å². The molecule has 8 heteroatoms. The molecule has 0 heterocycles. The number of primary amides is 1. The lowest BCUT2D eigenvalue weighted by atomic mass is 10.4. The molecule has 0 aromatic carbocycles. The van der Waals surface area contributed by atoms with Crippen LogP contribution in [-0.2, 0) is 14.8 Å². The Labute approximate surface area is 75.9 Å². The van der Waals surface area contributed by atoms with Gasteiger partial charge in [-0.2, -0.15) is 0 Å². The summed E-state index contributed by atoms with van der Waals surface area (Å²) in [5.74, 6) is 0. The molecule has 0 aliphatic rings. The first kappa shape index (κ1) is 12.1. The molecular formula is C5H12N2O5S. The van der Waals surface area contributed by atoms with Crippen LogP contribution in [0, 0.1) is 0 Å². The number of carbonyl (C=O) groups excluding carboxylic acids is 1. The van der Waals surface area contributed by atoms with Crippen molar-refractivity contribution in [1.29, 1.82) is 0 Å². The van der Waals surface area contributed by atoms with Crippen molar-refractivity contribution >= 4 is 16.1 Å². The Kier molecular flexibility index (Phi) is 4.67. The third-order valence-corrected chi connectivity index (χ3v) is 1.75. The molecule has 0 fully saturated rings. The summed E-state index contributed by atoms with van der Waals surface area (Å²) in [7, 11) is -3.36. The van der Waals surface area contributed by atoms with Gasteiger partial charge >= 0.3 is 6.09 Å². The first-order valence-electron chi connectivity index (χ1n) is 3.36. The normalized spacial score (nSPS) is 13.7. The summed E-state index contributed by atoms with van der Waals surface area (Å²) < 4.78 is 27.6. The highest BCUT2D eigenvalue weighted by molar-refractivity contribution is 7.88. The smallest absolute Gasteiger partial charge is 0.404 e. The maximum Gasteiger partial charge on any atom is 0.404 e. The van der Waals surface area contributed by atoms with Crippen molar-refractivity contribution in [3.05, 3.63) is 0 Å². The van der Waals surface area contributed by atoms with Crippen LogP contribution in [0.5, 0.6) is 0 Å². The summed E-state index contributed by atoms with van der Waals surface area (Å²) in [6.45, 7) is -0.691. The van der Waals surface area contributed by atoms with Crippen LogP contribution in [0.1, 0.15) is 0 Å². The van der Waals surface area contributed by atoms with Gasteiger partial charge in [0.2, 0.25) is 10.0 Å². The summed E-state index contributed by atoms with van der Waals surface area (Å²) >= 11 is 0. The number of nitrogens with one attached hydrogen (secondary N) is 1. The van der Waals surface area contributed by atoms with Gasteiger partial charge < -0.3 is 15.6 Å². The number of hydrogen-bond donors (Lipinski definition) is 3. The number of aliphatic hydroxyl groups excluding tert-OH is 1. The Hall–Kier alpha value is -0.860. The van der Waals surface area contributed by atoms with Gasteiger partial charge in [-0.05, 0) is 0 Å². The zero-order valence-corrected chi connectivity index (χ0v) is 7.87. The fourth-order valence-electron chi connectivity index (χ4n) is 0.552. The van der Waals surface area contributed by atoms with Crippen LogP contribution in [0.2, 0.25) is 0 Å². The second kappa shape index (κ2) is 5.00. The van der Waals surface area contributed by atoms with Gasteiger partial charge in [0.05, 0.1) is 19.4 Å².